The topological polar surface area (TPSA) is 84.3 Å². The molecule has 0 radical (unpaired) electrons. The summed E-state index contributed by atoms with van der Waals surface area (Å²) in [6.07, 6.45) is 3.09. The Kier molecular flexibility index (Phi) is 5.11. The Bertz CT molecular complexity index is 731. The molecule has 2 rings (SSSR count). The van der Waals surface area contributed by atoms with Gasteiger partial charge in [-0.25, -0.2) is 4.79 Å². The molecule has 2 aromatic rings. The van der Waals surface area contributed by atoms with Gasteiger partial charge < -0.3 is 10.6 Å². The first-order valence-electron chi connectivity index (χ1n) is 6.29. The van der Waals surface area contributed by atoms with Crippen LogP contribution in [0.3, 0.4) is 0 Å². The maximum atomic E-state index is 11.7. The van der Waals surface area contributed by atoms with Crippen LogP contribution in [0, 0.1) is 10.1 Å². The van der Waals surface area contributed by atoms with Gasteiger partial charge in [-0.1, -0.05) is 35.9 Å². The number of hydrogen-bond donors (Lipinski definition) is 2. The molecule has 0 spiro atoms. The van der Waals surface area contributed by atoms with Gasteiger partial charge in [-0.15, -0.1) is 0 Å². The van der Waals surface area contributed by atoms with Crippen LogP contribution in [0.5, 0.6) is 0 Å². The van der Waals surface area contributed by atoms with Crippen LogP contribution < -0.4 is 10.6 Å². The molecular weight excluding hydrogens is 306 g/mol. The number of amides is 2. The third kappa shape index (κ3) is 4.32. The van der Waals surface area contributed by atoms with E-state index in [9.17, 15) is 14.9 Å². The van der Waals surface area contributed by atoms with Gasteiger partial charge in [-0.2, -0.15) is 0 Å². The van der Waals surface area contributed by atoms with Crippen molar-refractivity contribution in [3.8, 4) is 0 Å². The van der Waals surface area contributed by atoms with Gasteiger partial charge >= 0.3 is 6.03 Å². The van der Waals surface area contributed by atoms with Crippen LogP contribution in [0.4, 0.5) is 16.2 Å². The minimum atomic E-state index is -0.527. The Morgan fingerprint density at radius 2 is 1.95 bits per heavy atom. The van der Waals surface area contributed by atoms with Crippen molar-refractivity contribution in [3.63, 3.8) is 0 Å². The van der Waals surface area contributed by atoms with Crippen molar-refractivity contribution >= 4 is 35.1 Å². The van der Waals surface area contributed by atoms with Crippen LogP contribution in [0.15, 0.2) is 54.7 Å². The van der Waals surface area contributed by atoms with Crippen molar-refractivity contribution in [3.05, 3.63) is 75.4 Å². The molecule has 0 aliphatic heterocycles. The lowest BCUT2D eigenvalue weighted by molar-refractivity contribution is -0.384. The largest absolute Gasteiger partial charge is 0.323 e. The first kappa shape index (κ1) is 15.5. The number of nitrogens with zero attached hydrogens (tertiary/aromatic N) is 1. The standard InChI is InChI=1S/C15H12ClN3O3/c16-14-7-2-1-4-11(14)8-9-17-15(20)18-12-5-3-6-13(10-12)19(21)22/h1-10H,(H2,17,18,20)/b9-8+. The molecule has 0 aliphatic carbocycles. The van der Waals surface area contributed by atoms with Crippen LogP contribution in [-0.4, -0.2) is 11.0 Å². The third-order valence-electron chi connectivity index (χ3n) is 2.70. The Morgan fingerprint density at radius 3 is 2.68 bits per heavy atom. The lowest BCUT2D eigenvalue weighted by Crippen LogP contribution is -2.23. The molecule has 0 unspecified atom stereocenters. The second-order valence-corrected chi connectivity index (χ2v) is 4.67. The van der Waals surface area contributed by atoms with E-state index in [1.807, 2.05) is 12.1 Å². The highest BCUT2D eigenvalue weighted by molar-refractivity contribution is 6.32. The fourth-order valence-electron chi connectivity index (χ4n) is 1.68. The van der Waals surface area contributed by atoms with E-state index in [1.54, 1.807) is 24.3 Å². The number of carbonyl (C=O) groups is 1. The van der Waals surface area contributed by atoms with E-state index in [0.29, 0.717) is 10.7 Å². The molecule has 0 bridgehead atoms. The summed E-state index contributed by atoms with van der Waals surface area (Å²) in [5.74, 6) is 0. The van der Waals surface area contributed by atoms with Gasteiger partial charge in [0.1, 0.15) is 0 Å². The zero-order valence-electron chi connectivity index (χ0n) is 11.3. The molecule has 2 N–H and O–H groups in total. The molecule has 6 nitrogen and oxygen atoms in total. The SMILES string of the molecule is O=C(N/C=C/c1ccccc1Cl)Nc1cccc([N+](=O)[O-])c1. The lowest BCUT2D eigenvalue weighted by Gasteiger charge is -2.04. The summed E-state index contributed by atoms with van der Waals surface area (Å²) in [6.45, 7) is 0. The van der Waals surface area contributed by atoms with E-state index in [4.69, 9.17) is 11.6 Å². The minimum absolute atomic E-state index is 0.0931. The van der Waals surface area contributed by atoms with Crippen molar-refractivity contribution in [1.82, 2.24) is 5.32 Å². The number of urea groups is 1. The monoisotopic (exact) mass is 317 g/mol. The van der Waals surface area contributed by atoms with Crippen molar-refractivity contribution < 1.29 is 9.72 Å². The highest BCUT2D eigenvalue weighted by Crippen LogP contribution is 2.17. The number of anilines is 1. The molecule has 0 saturated heterocycles. The fourth-order valence-corrected chi connectivity index (χ4v) is 1.88. The molecule has 0 aromatic heterocycles. The molecule has 0 atom stereocenters. The molecule has 0 aliphatic rings. The van der Waals surface area contributed by atoms with Crippen LogP contribution in [0.25, 0.3) is 6.08 Å². The Hall–Kier alpha value is -2.86. The van der Waals surface area contributed by atoms with E-state index < -0.39 is 11.0 Å². The second-order valence-electron chi connectivity index (χ2n) is 4.26. The highest BCUT2D eigenvalue weighted by Gasteiger charge is 2.07. The van der Waals surface area contributed by atoms with Crippen LogP contribution >= 0.6 is 11.6 Å². The number of nitro benzene ring substituents is 1. The Labute approximate surface area is 131 Å². The van der Waals surface area contributed by atoms with Crippen LogP contribution in [0.2, 0.25) is 5.02 Å². The number of benzene rings is 2. The van der Waals surface area contributed by atoms with E-state index >= 15 is 0 Å². The van der Waals surface area contributed by atoms with Gasteiger partial charge in [-0.05, 0) is 23.8 Å². The maximum Gasteiger partial charge on any atom is 0.323 e. The van der Waals surface area contributed by atoms with Gasteiger partial charge in [0.25, 0.3) is 5.69 Å². The number of non-ortho nitro benzene ring substituents is 1. The zero-order valence-corrected chi connectivity index (χ0v) is 12.1. The molecule has 0 fully saturated rings. The van der Waals surface area contributed by atoms with Gasteiger partial charge in [-0.3, -0.25) is 10.1 Å². The average Bonchev–Trinajstić information content (AvgIpc) is 2.49. The maximum absolute atomic E-state index is 11.7. The normalized spacial score (nSPS) is 10.4. The van der Waals surface area contributed by atoms with Crippen molar-refractivity contribution in [2.24, 2.45) is 0 Å². The highest BCUT2D eigenvalue weighted by atomic mass is 35.5. The molecular formula is C15H12ClN3O3. The Morgan fingerprint density at radius 1 is 1.18 bits per heavy atom. The summed E-state index contributed by atoms with van der Waals surface area (Å²) in [7, 11) is 0. The second kappa shape index (κ2) is 7.24. The van der Waals surface area contributed by atoms with Crippen molar-refractivity contribution in [2.45, 2.75) is 0 Å². The summed E-state index contributed by atoms with van der Waals surface area (Å²) in [4.78, 5) is 21.8. The van der Waals surface area contributed by atoms with E-state index in [0.717, 1.165) is 5.56 Å². The van der Waals surface area contributed by atoms with E-state index in [-0.39, 0.29) is 5.69 Å². The molecule has 112 valence electrons. The van der Waals surface area contributed by atoms with Crippen molar-refractivity contribution in [2.75, 3.05) is 5.32 Å². The van der Waals surface area contributed by atoms with Crippen LogP contribution in [-0.2, 0) is 0 Å². The number of nitrogens with one attached hydrogen (secondary N) is 2. The predicted molar refractivity (Wildman–Crippen MR) is 85.7 cm³/mol. The average molecular weight is 318 g/mol. The number of halogens is 1. The lowest BCUT2D eigenvalue weighted by atomic mass is 10.2. The van der Waals surface area contributed by atoms with E-state index in [1.165, 1.54) is 24.4 Å². The predicted octanol–water partition coefficient (Wildman–Crippen LogP) is 4.04. The van der Waals surface area contributed by atoms with Crippen molar-refractivity contribution in [1.29, 1.82) is 0 Å². The molecule has 0 saturated carbocycles. The van der Waals surface area contributed by atoms with Gasteiger partial charge in [0, 0.05) is 29.0 Å². The third-order valence-corrected chi connectivity index (χ3v) is 3.04. The summed E-state index contributed by atoms with van der Waals surface area (Å²) in [5.41, 5.74) is 1.00. The summed E-state index contributed by atoms with van der Waals surface area (Å²) < 4.78 is 0. The summed E-state index contributed by atoms with van der Waals surface area (Å²) >= 11 is 5.97. The molecule has 0 heterocycles. The zero-order chi connectivity index (χ0) is 15.9. The quantitative estimate of drug-likeness (QED) is 0.659. The number of hydrogen-bond acceptors (Lipinski definition) is 3. The van der Waals surface area contributed by atoms with Gasteiger partial charge in [0.05, 0.1) is 4.92 Å². The first-order chi connectivity index (χ1) is 10.6. The van der Waals surface area contributed by atoms with Gasteiger partial charge in [0.2, 0.25) is 0 Å². The van der Waals surface area contributed by atoms with Crippen LogP contribution in [0.1, 0.15) is 5.56 Å². The fraction of sp³-hybridized carbons (Fsp3) is 0. The minimum Gasteiger partial charge on any atom is -0.314 e. The molecule has 2 amide bonds. The Balaban J connectivity index is 1.95. The summed E-state index contributed by atoms with van der Waals surface area (Å²) in [5, 5.41) is 16.2. The van der Waals surface area contributed by atoms with E-state index in [2.05, 4.69) is 10.6 Å². The smallest absolute Gasteiger partial charge is 0.314 e. The van der Waals surface area contributed by atoms with Gasteiger partial charge in [0.15, 0.2) is 0 Å². The summed E-state index contributed by atoms with van der Waals surface area (Å²) in [6, 6.07) is 12.3. The first-order valence-corrected chi connectivity index (χ1v) is 6.67. The molecule has 2 aromatic carbocycles. The number of nitro groups is 1. The molecule has 7 heteroatoms. The number of carbonyl (C=O) groups excluding carboxylic acids is 1. The molecule has 22 heavy (non-hydrogen) atoms. The number of rotatable bonds is 4.